The molecular weight excluding hydrogens is 334 g/mol. The number of rotatable bonds is 3. The molecule has 1 aliphatic rings. The summed E-state index contributed by atoms with van der Waals surface area (Å²) < 4.78 is 2.65. The molecule has 2 aromatic rings. The maximum atomic E-state index is 12.2. The molecule has 2 heterocycles. The first-order chi connectivity index (χ1) is 10.0. The van der Waals surface area contributed by atoms with Crippen LogP contribution in [0.3, 0.4) is 0 Å². The van der Waals surface area contributed by atoms with E-state index in [0.717, 1.165) is 22.3 Å². The normalized spacial score (nSPS) is 14.0. The first-order valence-corrected chi connectivity index (χ1v) is 7.49. The Kier molecular flexibility index (Phi) is 3.41. The van der Waals surface area contributed by atoms with E-state index in [1.54, 1.807) is 22.9 Å². The molecule has 1 aliphatic heterocycles. The predicted octanol–water partition coefficient (Wildman–Crippen LogP) is 2.47. The molecule has 3 rings (SSSR count). The minimum atomic E-state index is -0.484. The van der Waals surface area contributed by atoms with E-state index in [9.17, 15) is 9.59 Å². The minimum Gasteiger partial charge on any atom is -0.299 e. The topological polar surface area (TPSA) is 55.2 Å². The second kappa shape index (κ2) is 5.11. The summed E-state index contributed by atoms with van der Waals surface area (Å²) in [7, 11) is 1.84. The van der Waals surface area contributed by atoms with E-state index in [1.165, 1.54) is 4.90 Å². The SMILES string of the molecule is CCc1nn(C)c(CN2C(=O)C(=O)c3ccccc32)c1Br. The number of carbonyl (C=O) groups is 2. The number of amides is 1. The number of nitrogens with zero attached hydrogens (tertiary/aromatic N) is 3. The van der Waals surface area contributed by atoms with Crippen LogP contribution in [0.5, 0.6) is 0 Å². The van der Waals surface area contributed by atoms with Crippen LogP contribution in [0, 0.1) is 0 Å². The van der Waals surface area contributed by atoms with Crippen molar-refractivity contribution in [3.05, 3.63) is 45.7 Å². The zero-order valence-electron chi connectivity index (χ0n) is 11.8. The van der Waals surface area contributed by atoms with Crippen molar-refractivity contribution in [2.24, 2.45) is 7.05 Å². The van der Waals surface area contributed by atoms with Gasteiger partial charge in [-0.3, -0.25) is 19.2 Å². The highest BCUT2D eigenvalue weighted by atomic mass is 79.9. The molecule has 0 fully saturated rings. The lowest BCUT2D eigenvalue weighted by Gasteiger charge is -2.16. The zero-order valence-corrected chi connectivity index (χ0v) is 13.3. The number of fused-ring (bicyclic) bond motifs is 1. The van der Waals surface area contributed by atoms with Gasteiger partial charge in [0.25, 0.3) is 11.7 Å². The Morgan fingerprint density at radius 3 is 2.62 bits per heavy atom. The monoisotopic (exact) mass is 347 g/mol. The van der Waals surface area contributed by atoms with Gasteiger partial charge in [0.1, 0.15) is 0 Å². The van der Waals surface area contributed by atoms with Crippen molar-refractivity contribution in [3.8, 4) is 0 Å². The van der Waals surface area contributed by atoms with E-state index in [4.69, 9.17) is 0 Å². The number of hydrogen-bond donors (Lipinski definition) is 0. The molecule has 0 spiro atoms. The Labute approximate surface area is 130 Å². The fraction of sp³-hybridized carbons (Fsp3) is 0.267. The Hall–Kier alpha value is -1.95. The number of carbonyl (C=O) groups excluding carboxylic acids is 2. The lowest BCUT2D eigenvalue weighted by Crippen LogP contribution is -2.30. The fourth-order valence-corrected chi connectivity index (χ4v) is 3.29. The van der Waals surface area contributed by atoms with Crippen molar-refractivity contribution in [1.82, 2.24) is 9.78 Å². The van der Waals surface area contributed by atoms with Crippen LogP contribution in [-0.4, -0.2) is 21.5 Å². The van der Waals surface area contributed by atoms with Gasteiger partial charge in [-0.15, -0.1) is 0 Å². The predicted molar refractivity (Wildman–Crippen MR) is 82.2 cm³/mol. The number of halogens is 1. The molecule has 0 atom stereocenters. The number of Topliss-reactive ketones (excluding diaryl/α,β-unsaturated/α-hetero) is 1. The fourth-order valence-electron chi connectivity index (χ4n) is 2.55. The van der Waals surface area contributed by atoms with Crippen LogP contribution in [-0.2, 0) is 24.8 Å². The average molecular weight is 348 g/mol. The van der Waals surface area contributed by atoms with Gasteiger partial charge in [0.05, 0.1) is 33.7 Å². The van der Waals surface area contributed by atoms with E-state index < -0.39 is 11.7 Å². The Morgan fingerprint density at radius 2 is 1.95 bits per heavy atom. The van der Waals surface area contributed by atoms with Crippen LogP contribution in [0.2, 0.25) is 0 Å². The summed E-state index contributed by atoms with van der Waals surface area (Å²) in [5.74, 6) is -0.929. The van der Waals surface area contributed by atoms with E-state index >= 15 is 0 Å². The van der Waals surface area contributed by atoms with Gasteiger partial charge >= 0.3 is 0 Å². The molecular formula is C15H14BrN3O2. The van der Waals surface area contributed by atoms with Gasteiger partial charge < -0.3 is 0 Å². The van der Waals surface area contributed by atoms with Crippen molar-refractivity contribution in [2.75, 3.05) is 4.90 Å². The van der Waals surface area contributed by atoms with E-state index in [2.05, 4.69) is 21.0 Å². The van der Waals surface area contributed by atoms with Gasteiger partial charge in [0.15, 0.2) is 0 Å². The van der Waals surface area contributed by atoms with Gasteiger partial charge in [-0.2, -0.15) is 5.10 Å². The molecule has 5 nitrogen and oxygen atoms in total. The van der Waals surface area contributed by atoms with Gasteiger partial charge in [0.2, 0.25) is 0 Å². The average Bonchev–Trinajstić information content (AvgIpc) is 2.90. The number of aromatic nitrogens is 2. The third kappa shape index (κ3) is 2.10. The summed E-state index contributed by atoms with van der Waals surface area (Å²) in [6, 6.07) is 7.07. The highest BCUT2D eigenvalue weighted by molar-refractivity contribution is 9.10. The largest absolute Gasteiger partial charge is 0.299 e. The lowest BCUT2D eigenvalue weighted by molar-refractivity contribution is -0.114. The van der Waals surface area contributed by atoms with Crippen LogP contribution < -0.4 is 4.90 Å². The number of para-hydroxylation sites is 1. The zero-order chi connectivity index (χ0) is 15.1. The molecule has 0 saturated carbocycles. The van der Waals surface area contributed by atoms with Crippen LogP contribution in [0.4, 0.5) is 5.69 Å². The van der Waals surface area contributed by atoms with Crippen molar-refractivity contribution in [2.45, 2.75) is 19.9 Å². The second-order valence-electron chi connectivity index (χ2n) is 4.92. The molecule has 6 heteroatoms. The van der Waals surface area contributed by atoms with Crippen LogP contribution in [0.15, 0.2) is 28.7 Å². The minimum absolute atomic E-state index is 0.325. The lowest BCUT2D eigenvalue weighted by atomic mass is 10.1. The summed E-state index contributed by atoms with van der Waals surface area (Å²) in [6.45, 7) is 2.35. The maximum Gasteiger partial charge on any atom is 0.299 e. The molecule has 0 unspecified atom stereocenters. The molecule has 0 bridgehead atoms. The summed E-state index contributed by atoms with van der Waals surface area (Å²) in [6.07, 6.45) is 0.803. The van der Waals surface area contributed by atoms with Gasteiger partial charge in [-0.05, 0) is 34.5 Å². The summed E-state index contributed by atoms with van der Waals surface area (Å²) in [4.78, 5) is 25.7. The van der Waals surface area contributed by atoms with Gasteiger partial charge in [-0.25, -0.2) is 0 Å². The Balaban J connectivity index is 2.01. The highest BCUT2D eigenvalue weighted by Gasteiger charge is 2.36. The van der Waals surface area contributed by atoms with Crippen LogP contribution in [0.25, 0.3) is 0 Å². The Morgan fingerprint density at radius 1 is 1.24 bits per heavy atom. The number of aryl methyl sites for hydroxylation is 2. The molecule has 1 amide bonds. The number of ketones is 1. The first kappa shape index (κ1) is 14.0. The summed E-state index contributed by atoms with van der Waals surface area (Å²) in [5.41, 5.74) is 2.96. The molecule has 21 heavy (non-hydrogen) atoms. The summed E-state index contributed by atoms with van der Waals surface area (Å²) in [5, 5.41) is 4.42. The molecule has 0 radical (unpaired) electrons. The standard InChI is InChI=1S/C15H14BrN3O2/c1-3-10-13(16)12(18(2)17-10)8-19-11-7-5-4-6-9(11)14(20)15(19)21/h4-7H,3,8H2,1-2H3. The number of anilines is 1. The number of hydrogen-bond acceptors (Lipinski definition) is 3. The summed E-state index contributed by atoms with van der Waals surface area (Å²) >= 11 is 3.54. The van der Waals surface area contributed by atoms with Gasteiger partial charge in [0, 0.05) is 7.05 Å². The van der Waals surface area contributed by atoms with Crippen LogP contribution >= 0.6 is 15.9 Å². The molecule has 0 saturated heterocycles. The number of benzene rings is 1. The highest BCUT2D eigenvalue weighted by Crippen LogP contribution is 2.32. The molecule has 0 N–H and O–H groups in total. The van der Waals surface area contributed by atoms with Gasteiger partial charge in [-0.1, -0.05) is 19.1 Å². The van der Waals surface area contributed by atoms with Crippen molar-refractivity contribution in [3.63, 3.8) is 0 Å². The van der Waals surface area contributed by atoms with E-state index in [-0.39, 0.29) is 0 Å². The third-order valence-corrected chi connectivity index (χ3v) is 4.61. The first-order valence-electron chi connectivity index (χ1n) is 6.70. The van der Waals surface area contributed by atoms with Crippen molar-refractivity contribution in [1.29, 1.82) is 0 Å². The van der Waals surface area contributed by atoms with Crippen molar-refractivity contribution < 1.29 is 9.59 Å². The van der Waals surface area contributed by atoms with E-state index in [1.807, 2.05) is 20.0 Å². The molecule has 1 aromatic heterocycles. The Bertz CT molecular complexity index is 751. The molecule has 1 aromatic carbocycles. The smallest absolute Gasteiger partial charge is 0.299 e. The quantitative estimate of drug-likeness (QED) is 0.801. The van der Waals surface area contributed by atoms with Crippen molar-refractivity contribution >= 4 is 33.3 Å². The molecule has 108 valence electrons. The second-order valence-corrected chi connectivity index (χ2v) is 5.72. The third-order valence-electron chi connectivity index (χ3n) is 3.69. The van der Waals surface area contributed by atoms with E-state index in [0.29, 0.717) is 17.8 Å². The molecule has 0 aliphatic carbocycles. The van der Waals surface area contributed by atoms with Crippen LogP contribution in [0.1, 0.15) is 28.7 Å². The maximum absolute atomic E-state index is 12.2.